The Morgan fingerprint density at radius 2 is 1.73 bits per heavy atom. The van der Waals surface area contributed by atoms with Gasteiger partial charge in [0.05, 0.1) is 13.0 Å². The molecule has 5 heteroatoms. The van der Waals surface area contributed by atoms with E-state index >= 15 is 0 Å². The lowest BCUT2D eigenvalue weighted by molar-refractivity contribution is -0.116. The van der Waals surface area contributed by atoms with Gasteiger partial charge in [0, 0.05) is 30.5 Å². The first-order valence-electron chi connectivity index (χ1n) is 7.00. The number of carbonyl (C=O) groups is 1. The van der Waals surface area contributed by atoms with Crippen LogP contribution in [0.5, 0.6) is 5.75 Å². The number of rotatable bonds is 6. The minimum absolute atomic E-state index is 0.0773. The zero-order chi connectivity index (χ0) is 15.9. The van der Waals surface area contributed by atoms with Crippen LogP contribution in [-0.2, 0) is 4.79 Å². The SMILES string of the molecule is CN(C)c1ccc(NC(=O)CCOc2ccc(Cl)cc2)cc1. The van der Waals surface area contributed by atoms with Crippen molar-refractivity contribution in [2.75, 3.05) is 30.9 Å². The molecule has 0 aliphatic heterocycles. The van der Waals surface area contributed by atoms with Crippen LogP contribution in [0.25, 0.3) is 0 Å². The van der Waals surface area contributed by atoms with Crippen molar-refractivity contribution in [2.45, 2.75) is 6.42 Å². The van der Waals surface area contributed by atoms with Gasteiger partial charge in [-0.05, 0) is 48.5 Å². The zero-order valence-corrected chi connectivity index (χ0v) is 13.4. The van der Waals surface area contributed by atoms with Gasteiger partial charge in [-0.15, -0.1) is 0 Å². The highest BCUT2D eigenvalue weighted by Crippen LogP contribution is 2.17. The number of benzene rings is 2. The van der Waals surface area contributed by atoms with Gasteiger partial charge in [0.1, 0.15) is 5.75 Å². The van der Waals surface area contributed by atoms with Gasteiger partial charge in [0.25, 0.3) is 0 Å². The molecular weight excluding hydrogens is 300 g/mol. The lowest BCUT2D eigenvalue weighted by atomic mass is 10.2. The molecule has 0 unspecified atom stereocenters. The minimum atomic E-state index is -0.0773. The number of ether oxygens (including phenoxy) is 1. The molecule has 0 aromatic heterocycles. The predicted octanol–water partition coefficient (Wildman–Crippen LogP) is 3.81. The van der Waals surface area contributed by atoms with Crippen molar-refractivity contribution in [3.63, 3.8) is 0 Å². The summed E-state index contributed by atoms with van der Waals surface area (Å²) in [6.07, 6.45) is 0.290. The first kappa shape index (κ1) is 16.2. The largest absolute Gasteiger partial charge is 0.493 e. The smallest absolute Gasteiger partial charge is 0.227 e. The second-order valence-electron chi connectivity index (χ2n) is 5.04. The Labute approximate surface area is 135 Å². The van der Waals surface area contributed by atoms with Crippen molar-refractivity contribution in [3.05, 3.63) is 53.6 Å². The van der Waals surface area contributed by atoms with Gasteiger partial charge in [-0.1, -0.05) is 11.6 Å². The molecule has 0 saturated carbocycles. The first-order chi connectivity index (χ1) is 10.5. The van der Waals surface area contributed by atoms with Crippen LogP contribution in [0.1, 0.15) is 6.42 Å². The van der Waals surface area contributed by atoms with Gasteiger partial charge in [0.2, 0.25) is 5.91 Å². The number of nitrogens with one attached hydrogen (secondary N) is 1. The van der Waals surface area contributed by atoms with E-state index in [2.05, 4.69) is 5.32 Å². The van der Waals surface area contributed by atoms with Crippen LogP contribution < -0.4 is 15.0 Å². The average Bonchev–Trinajstić information content (AvgIpc) is 2.50. The second-order valence-corrected chi connectivity index (χ2v) is 5.48. The molecule has 0 spiro atoms. The summed E-state index contributed by atoms with van der Waals surface area (Å²) >= 11 is 5.79. The zero-order valence-electron chi connectivity index (χ0n) is 12.7. The molecule has 1 N–H and O–H groups in total. The van der Waals surface area contributed by atoms with Crippen LogP contribution in [0, 0.1) is 0 Å². The van der Waals surface area contributed by atoms with E-state index in [4.69, 9.17) is 16.3 Å². The Bertz CT molecular complexity index is 610. The molecule has 0 saturated heterocycles. The van der Waals surface area contributed by atoms with Gasteiger partial charge in [-0.2, -0.15) is 0 Å². The van der Waals surface area contributed by atoms with Gasteiger partial charge >= 0.3 is 0 Å². The monoisotopic (exact) mass is 318 g/mol. The molecule has 0 bridgehead atoms. The van der Waals surface area contributed by atoms with E-state index in [1.165, 1.54) is 0 Å². The summed E-state index contributed by atoms with van der Waals surface area (Å²) in [6.45, 7) is 0.323. The molecule has 22 heavy (non-hydrogen) atoms. The number of halogens is 1. The topological polar surface area (TPSA) is 41.6 Å². The number of anilines is 2. The van der Waals surface area contributed by atoms with Gasteiger partial charge in [0.15, 0.2) is 0 Å². The maximum Gasteiger partial charge on any atom is 0.227 e. The van der Waals surface area contributed by atoms with Crippen molar-refractivity contribution in [2.24, 2.45) is 0 Å². The van der Waals surface area contributed by atoms with Crippen LogP contribution in [0.15, 0.2) is 48.5 Å². The van der Waals surface area contributed by atoms with Gasteiger partial charge in [-0.25, -0.2) is 0 Å². The van der Waals surface area contributed by atoms with Crippen LogP contribution in [0.3, 0.4) is 0 Å². The Kier molecular flexibility index (Phi) is 5.67. The lowest BCUT2D eigenvalue weighted by Crippen LogP contribution is -2.15. The molecule has 4 nitrogen and oxygen atoms in total. The summed E-state index contributed by atoms with van der Waals surface area (Å²) in [4.78, 5) is 13.9. The molecule has 0 fully saturated rings. The van der Waals surface area contributed by atoms with E-state index in [1.807, 2.05) is 43.3 Å². The van der Waals surface area contributed by atoms with Crippen LogP contribution in [-0.4, -0.2) is 26.6 Å². The summed E-state index contributed by atoms with van der Waals surface area (Å²) in [5.41, 5.74) is 1.87. The Morgan fingerprint density at radius 1 is 1.09 bits per heavy atom. The summed E-state index contributed by atoms with van der Waals surface area (Å²) in [7, 11) is 3.95. The normalized spacial score (nSPS) is 10.1. The molecule has 0 aliphatic rings. The van der Waals surface area contributed by atoms with Crippen molar-refractivity contribution in [1.29, 1.82) is 0 Å². The Morgan fingerprint density at radius 3 is 2.32 bits per heavy atom. The summed E-state index contributed by atoms with van der Waals surface area (Å²) in [5.74, 6) is 0.624. The van der Waals surface area contributed by atoms with E-state index < -0.39 is 0 Å². The standard InChI is InChI=1S/C17H19ClN2O2/c1-20(2)15-7-5-14(6-8-15)19-17(21)11-12-22-16-9-3-13(18)4-10-16/h3-10H,11-12H2,1-2H3,(H,19,21). The third kappa shape index (κ3) is 4.97. The van der Waals surface area contributed by atoms with Crippen LogP contribution in [0.2, 0.25) is 5.02 Å². The highest BCUT2D eigenvalue weighted by atomic mass is 35.5. The lowest BCUT2D eigenvalue weighted by Gasteiger charge is -2.13. The number of hydrogen-bond donors (Lipinski definition) is 1. The number of nitrogens with zero attached hydrogens (tertiary/aromatic N) is 1. The molecule has 0 atom stereocenters. The van der Waals surface area contributed by atoms with Crippen molar-refractivity contribution >= 4 is 28.9 Å². The van der Waals surface area contributed by atoms with E-state index in [0.29, 0.717) is 17.4 Å². The summed E-state index contributed by atoms with van der Waals surface area (Å²) < 4.78 is 5.49. The highest BCUT2D eigenvalue weighted by molar-refractivity contribution is 6.30. The number of amides is 1. The van der Waals surface area contributed by atoms with Crippen LogP contribution >= 0.6 is 11.6 Å². The molecule has 0 radical (unpaired) electrons. The number of hydrogen-bond acceptors (Lipinski definition) is 3. The fourth-order valence-electron chi connectivity index (χ4n) is 1.86. The maximum atomic E-state index is 11.9. The van der Waals surface area contributed by atoms with E-state index in [-0.39, 0.29) is 12.3 Å². The van der Waals surface area contributed by atoms with Gasteiger partial charge in [-0.3, -0.25) is 4.79 Å². The fraction of sp³-hybridized carbons (Fsp3) is 0.235. The fourth-order valence-corrected chi connectivity index (χ4v) is 1.98. The molecule has 116 valence electrons. The first-order valence-corrected chi connectivity index (χ1v) is 7.38. The summed E-state index contributed by atoms with van der Waals surface area (Å²) in [5, 5.41) is 3.50. The third-order valence-corrected chi connectivity index (χ3v) is 3.33. The molecule has 2 aromatic rings. The van der Waals surface area contributed by atoms with E-state index in [0.717, 1.165) is 11.4 Å². The second kappa shape index (κ2) is 7.71. The van der Waals surface area contributed by atoms with E-state index in [1.54, 1.807) is 24.3 Å². The molecule has 2 rings (SSSR count). The minimum Gasteiger partial charge on any atom is -0.493 e. The average molecular weight is 319 g/mol. The third-order valence-electron chi connectivity index (χ3n) is 3.08. The highest BCUT2D eigenvalue weighted by Gasteiger charge is 2.04. The number of carbonyl (C=O) groups excluding carboxylic acids is 1. The molecule has 1 amide bonds. The Balaban J connectivity index is 1.76. The van der Waals surface area contributed by atoms with Crippen LogP contribution in [0.4, 0.5) is 11.4 Å². The van der Waals surface area contributed by atoms with Crippen molar-refractivity contribution in [3.8, 4) is 5.75 Å². The molecule has 0 heterocycles. The molecular formula is C17H19ClN2O2. The maximum absolute atomic E-state index is 11.9. The van der Waals surface area contributed by atoms with Crippen molar-refractivity contribution < 1.29 is 9.53 Å². The Hall–Kier alpha value is -2.20. The van der Waals surface area contributed by atoms with Gasteiger partial charge < -0.3 is 15.0 Å². The van der Waals surface area contributed by atoms with Crippen molar-refractivity contribution in [1.82, 2.24) is 0 Å². The quantitative estimate of drug-likeness (QED) is 0.880. The van der Waals surface area contributed by atoms with E-state index in [9.17, 15) is 4.79 Å². The predicted molar refractivity (Wildman–Crippen MR) is 91.0 cm³/mol. The molecule has 2 aromatic carbocycles. The summed E-state index contributed by atoms with van der Waals surface area (Å²) in [6, 6.07) is 14.7. The molecule has 0 aliphatic carbocycles.